The van der Waals surface area contributed by atoms with Crippen molar-refractivity contribution in [3.63, 3.8) is 0 Å². The Morgan fingerprint density at radius 2 is 1.76 bits per heavy atom. The molecule has 2 aliphatic heterocycles. The highest BCUT2D eigenvalue weighted by Crippen LogP contribution is 2.49. The summed E-state index contributed by atoms with van der Waals surface area (Å²) in [6, 6.07) is 0. The van der Waals surface area contributed by atoms with Gasteiger partial charge in [-0.05, 0) is 44.4 Å². The predicted octanol–water partition coefficient (Wildman–Crippen LogP) is 2.19. The molecular weight excluding hydrogens is 322 g/mol. The Morgan fingerprint density at radius 3 is 2.32 bits per heavy atom. The van der Waals surface area contributed by atoms with Gasteiger partial charge in [0.2, 0.25) is 5.91 Å². The quantitative estimate of drug-likeness (QED) is 0.756. The molecule has 1 amide bonds. The number of nitrogens with zero attached hydrogens (tertiary/aromatic N) is 1. The van der Waals surface area contributed by atoms with Crippen LogP contribution >= 0.6 is 0 Å². The van der Waals surface area contributed by atoms with Gasteiger partial charge >= 0.3 is 5.97 Å². The van der Waals surface area contributed by atoms with Crippen LogP contribution < -0.4 is 0 Å². The van der Waals surface area contributed by atoms with Gasteiger partial charge in [-0.3, -0.25) is 4.79 Å². The summed E-state index contributed by atoms with van der Waals surface area (Å²) >= 11 is 0. The molecule has 2 heterocycles. The first-order valence-corrected chi connectivity index (χ1v) is 9.75. The molecule has 3 atom stereocenters. The van der Waals surface area contributed by atoms with Crippen molar-refractivity contribution in [1.82, 2.24) is 4.90 Å². The molecular formula is C19H31NO5. The molecule has 25 heavy (non-hydrogen) atoms. The van der Waals surface area contributed by atoms with Crippen LogP contribution in [0.15, 0.2) is 0 Å². The van der Waals surface area contributed by atoms with E-state index in [1.54, 1.807) is 0 Å². The maximum Gasteiger partial charge on any atom is 0.330 e. The van der Waals surface area contributed by atoms with E-state index in [1.165, 1.54) is 4.90 Å². The van der Waals surface area contributed by atoms with Crippen LogP contribution in [0.3, 0.4) is 0 Å². The average molecular weight is 354 g/mol. The zero-order valence-electron chi connectivity index (χ0n) is 15.9. The van der Waals surface area contributed by atoms with Crippen molar-refractivity contribution in [3.05, 3.63) is 0 Å². The summed E-state index contributed by atoms with van der Waals surface area (Å²) in [5.74, 6) is -2.34. The first-order chi connectivity index (χ1) is 12.5. The largest absolute Gasteiger partial charge is 0.479 e. The summed E-state index contributed by atoms with van der Waals surface area (Å²) in [4.78, 5) is 26.6. The van der Waals surface area contributed by atoms with Crippen LogP contribution in [-0.4, -0.2) is 58.4 Å². The highest BCUT2D eigenvalue weighted by atomic mass is 16.5. The van der Waals surface area contributed by atoms with E-state index in [0.29, 0.717) is 19.4 Å². The van der Waals surface area contributed by atoms with Crippen molar-refractivity contribution in [2.45, 2.75) is 75.8 Å². The number of aliphatic hydroxyl groups is 1. The molecule has 2 N–H and O–H groups in total. The van der Waals surface area contributed by atoms with Crippen molar-refractivity contribution in [1.29, 1.82) is 0 Å². The van der Waals surface area contributed by atoms with Gasteiger partial charge in [0, 0.05) is 19.1 Å². The Balaban J connectivity index is 2.06. The second-order valence-electron chi connectivity index (χ2n) is 7.64. The molecule has 0 aromatic rings. The third-order valence-electron chi connectivity index (χ3n) is 6.37. The van der Waals surface area contributed by atoms with Gasteiger partial charge in [-0.1, -0.05) is 25.7 Å². The van der Waals surface area contributed by atoms with Crippen molar-refractivity contribution < 1.29 is 25.9 Å². The van der Waals surface area contributed by atoms with Gasteiger partial charge in [0.05, 0.1) is 7.45 Å². The number of carboxylic acids is 1. The van der Waals surface area contributed by atoms with Crippen molar-refractivity contribution in [2.75, 3.05) is 19.8 Å². The second-order valence-corrected chi connectivity index (χ2v) is 7.64. The third kappa shape index (κ3) is 3.31. The van der Waals surface area contributed by atoms with Crippen LogP contribution in [0.2, 0.25) is 0 Å². The van der Waals surface area contributed by atoms with Crippen molar-refractivity contribution in [2.24, 2.45) is 11.8 Å². The molecule has 142 valence electrons. The highest BCUT2D eigenvalue weighted by molar-refractivity contribution is 5.89. The van der Waals surface area contributed by atoms with E-state index in [0.717, 1.165) is 51.4 Å². The summed E-state index contributed by atoms with van der Waals surface area (Å²) in [6.45, 7) is 0.0471. The standard InChI is InChI=1S/C19H31NO5/c21-13-17(22)20-11-10-15(16-9-5-6-12-25-16)19(20,18(23)24)14-7-3-1-2-4-8-14/h14-16,21H,1-13H2,(H,23,24)/t15?,16?,19-/m0/s1/i16D. The number of aliphatic carboxylic acids is 1. The maximum atomic E-state index is 12.7. The molecule has 0 bridgehead atoms. The molecule has 1 aliphatic carbocycles. The zero-order chi connectivity index (χ0) is 18.8. The summed E-state index contributed by atoms with van der Waals surface area (Å²) < 4.78 is 14.8. The monoisotopic (exact) mass is 354 g/mol. The number of carboxylic acid groups (broad SMARTS) is 1. The zero-order valence-corrected chi connectivity index (χ0v) is 14.9. The lowest BCUT2D eigenvalue weighted by Gasteiger charge is -2.46. The van der Waals surface area contributed by atoms with E-state index < -0.39 is 36.0 Å². The van der Waals surface area contributed by atoms with Crippen molar-refractivity contribution in [3.8, 4) is 0 Å². The van der Waals surface area contributed by atoms with Crippen LogP contribution in [0.25, 0.3) is 0 Å². The van der Waals surface area contributed by atoms with Crippen LogP contribution in [0, 0.1) is 11.8 Å². The van der Waals surface area contributed by atoms with Crippen LogP contribution in [0.1, 0.15) is 65.6 Å². The van der Waals surface area contributed by atoms with Gasteiger partial charge in [0.1, 0.15) is 12.1 Å². The number of hydrogen-bond donors (Lipinski definition) is 2. The lowest BCUT2D eigenvalue weighted by molar-refractivity contribution is -0.171. The molecule has 1 saturated carbocycles. The Kier molecular flexibility index (Phi) is 5.56. The molecule has 6 heteroatoms. The van der Waals surface area contributed by atoms with E-state index in [4.69, 9.17) is 6.11 Å². The number of rotatable bonds is 4. The summed E-state index contributed by atoms with van der Waals surface area (Å²) in [7, 11) is 0. The van der Waals surface area contributed by atoms with Crippen LogP contribution in [-0.2, 0) is 14.3 Å². The molecule has 3 aliphatic rings. The fourth-order valence-electron chi connectivity index (χ4n) is 5.29. The summed E-state index contributed by atoms with van der Waals surface area (Å²) in [6.07, 6.45) is 6.93. The summed E-state index contributed by atoms with van der Waals surface area (Å²) in [5, 5.41) is 19.9. The van der Waals surface area contributed by atoms with Gasteiger partial charge in [-0.15, -0.1) is 0 Å². The molecule has 2 unspecified atom stereocenters. The number of aliphatic hydroxyl groups excluding tert-OH is 1. The minimum absolute atomic E-state index is 0.196. The Bertz CT molecular complexity index is 528. The number of hydrogen-bond acceptors (Lipinski definition) is 4. The topological polar surface area (TPSA) is 87.1 Å². The number of amides is 1. The summed E-state index contributed by atoms with van der Waals surface area (Å²) in [5.41, 5.74) is -1.44. The molecule has 2 saturated heterocycles. The second kappa shape index (κ2) is 8.04. The van der Waals surface area contributed by atoms with Gasteiger partial charge in [0.15, 0.2) is 0 Å². The van der Waals surface area contributed by atoms with E-state index in [1.807, 2.05) is 0 Å². The number of ether oxygens (including phenoxy) is 1. The lowest BCUT2D eigenvalue weighted by Crippen LogP contribution is -2.63. The maximum absolute atomic E-state index is 12.7. The molecule has 0 spiro atoms. The predicted molar refractivity (Wildman–Crippen MR) is 92.1 cm³/mol. The molecule has 0 radical (unpaired) electrons. The first-order valence-electron chi connectivity index (χ1n) is 10.3. The van der Waals surface area contributed by atoms with Gasteiger partial charge < -0.3 is 19.8 Å². The molecule has 0 aromatic heterocycles. The molecule has 3 rings (SSSR count). The first kappa shape index (κ1) is 17.3. The Hall–Kier alpha value is -1.14. The van der Waals surface area contributed by atoms with E-state index in [9.17, 15) is 19.8 Å². The fraction of sp³-hybridized carbons (Fsp3) is 0.895. The minimum atomic E-state index is -1.44. The SMILES string of the molecule is [2H]C1(C2CCN(C(=O)CO)[C@@]2(C(=O)O)C2CCCCCC2)CCCCO1. The van der Waals surface area contributed by atoms with Crippen molar-refractivity contribution >= 4 is 11.9 Å². The smallest absolute Gasteiger partial charge is 0.330 e. The lowest BCUT2D eigenvalue weighted by atomic mass is 9.68. The van der Waals surface area contributed by atoms with Crippen LogP contribution in [0.5, 0.6) is 0 Å². The van der Waals surface area contributed by atoms with Gasteiger partial charge in [0.25, 0.3) is 0 Å². The highest BCUT2D eigenvalue weighted by Gasteiger charge is 2.62. The molecule has 6 nitrogen and oxygen atoms in total. The third-order valence-corrected chi connectivity index (χ3v) is 6.37. The van der Waals surface area contributed by atoms with E-state index in [-0.39, 0.29) is 12.5 Å². The number of carbonyl (C=O) groups excluding carboxylic acids is 1. The normalized spacial score (nSPS) is 38.2. The minimum Gasteiger partial charge on any atom is -0.479 e. The molecule has 3 fully saturated rings. The molecule has 0 aromatic carbocycles. The van der Waals surface area contributed by atoms with E-state index in [2.05, 4.69) is 0 Å². The fourth-order valence-corrected chi connectivity index (χ4v) is 5.29. The number of carbonyl (C=O) groups is 2. The average Bonchev–Trinajstić information content (AvgIpc) is 2.85. The van der Waals surface area contributed by atoms with Gasteiger partial charge in [-0.25, -0.2) is 4.79 Å². The van der Waals surface area contributed by atoms with Gasteiger partial charge in [-0.2, -0.15) is 0 Å². The van der Waals surface area contributed by atoms with E-state index >= 15 is 0 Å². The van der Waals surface area contributed by atoms with Crippen LogP contribution in [0.4, 0.5) is 0 Å². The number of likely N-dealkylation sites (tertiary alicyclic amines) is 1. The Morgan fingerprint density at radius 1 is 1.08 bits per heavy atom. The Labute approximate surface area is 150 Å².